The summed E-state index contributed by atoms with van der Waals surface area (Å²) in [4.78, 5) is 13.4. The molecule has 5 nitrogen and oxygen atoms in total. The van der Waals surface area contributed by atoms with Gasteiger partial charge in [-0.15, -0.1) is 22.0 Å². The molecule has 1 amide bonds. The SMILES string of the molecule is Cc1ccc(C)c(Cn2cc(SCC(=O)Nc3nnc(C)s3)c3ccccc32)c1. The second-order valence-electron chi connectivity index (χ2n) is 7.03. The lowest BCUT2D eigenvalue weighted by Crippen LogP contribution is -2.13. The number of hydrogen-bond acceptors (Lipinski definition) is 5. The van der Waals surface area contributed by atoms with E-state index in [0.717, 1.165) is 16.4 Å². The largest absolute Gasteiger partial charge is 0.342 e. The van der Waals surface area contributed by atoms with Gasteiger partial charge in [-0.3, -0.25) is 10.1 Å². The molecular weight excluding hydrogens is 400 g/mol. The highest BCUT2D eigenvalue weighted by molar-refractivity contribution is 8.00. The van der Waals surface area contributed by atoms with Gasteiger partial charge >= 0.3 is 0 Å². The number of carbonyl (C=O) groups excluding carboxylic acids is 1. The number of nitrogens with one attached hydrogen (secondary N) is 1. The highest BCUT2D eigenvalue weighted by Gasteiger charge is 2.13. The fourth-order valence-corrected chi connectivity index (χ4v) is 4.76. The number of rotatable bonds is 6. The van der Waals surface area contributed by atoms with Crippen LogP contribution in [-0.4, -0.2) is 26.4 Å². The number of hydrogen-bond donors (Lipinski definition) is 1. The van der Waals surface area contributed by atoms with E-state index in [4.69, 9.17) is 0 Å². The van der Waals surface area contributed by atoms with E-state index in [9.17, 15) is 4.79 Å². The zero-order chi connectivity index (χ0) is 20.4. The third-order valence-electron chi connectivity index (χ3n) is 4.73. The summed E-state index contributed by atoms with van der Waals surface area (Å²) in [6.45, 7) is 6.95. The van der Waals surface area contributed by atoms with Crippen molar-refractivity contribution in [3.8, 4) is 0 Å². The van der Waals surface area contributed by atoms with Crippen LogP contribution in [0.15, 0.2) is 53.6 Å². The van der Waals surface area contributed by atoms with E-state index in [-0.39, 0.29) is 5.91 Å². The summed E-state index contributed by atoms with van der Waals surface area (Å²) in [5, 5.41) is 13.3. The van der Waals surface area contributed by atoms with Crippen molar-refractivity contribution in [1.82, 2.24) is 14.8 Å². The van der Waals surface area contributed by atoms with Crippen LogP contribution < -0.4 is 5.32 Å². The molecule has 29 heavy (non-hydrogen) atoms. The lowest BCUT2D eigenvalue weighted by atomic mass is 10.1. The lowest BCUT2D eigenvalue weighted by molar-refractivity contribution is -0.113. The van der Waals surface area contributed by atoms with Gasteiger partial charge in [-0.25, -0.2) is 0 Å². The van der Waals surface area contributed by atoms with Crippen LogP contribution in [0.1, 0.15) is 21.7 Å². The van der Waals surface area contributed by atoms with E-state index in [1.54, 1.807) is 11.8 Å². The minimum Gasteiger partial charge on any atom is -0.342 e. The molecule has 2 heterocycles. The Balaban J connectivity index is 1.54. The van der Waals surface area contributed by atoms with E-state index in [0.29, 0.717) is 10.9 Å². The highest BCUT2D eigenvalue weighted by Crippen LogP contribution is 2.31. The zero-order valence-corrected chi connectivity index (χ0v) is 18.2. The van der Waals surface area contributed by atoms with Gasteiger partial charge in [-0.1, -0.05) is 53.3 Å². The molecule has 0 aliphatic heterocycles. The van der Waals surface area contributed by atoms with Gasteiger partial charge in [-0.05, 0) is 38.0 Å². The molecule has 7 heteroatoms. The van der Waals surface area contributed by atoms with Crippen LogP contribution in [0.3, 0.4) is 0 Å². The van der Waals surface area contributed by atoms with Crippen LogP contribution in [0, 0.1) is 20.8 Å². The molecular formula is C22H22N4OS2. The van der Waals surface area contributed by atoms with Crippen LogP contribution in [0.25, 0.3) is 10.9 Å². The lowest BCUT2D eigenvalue weighted by Gasteiger charge is -2.09. The topological polar surface area (TPSA) is 59.8 Å². The second kappa shape index (κ2) is 8.39. The molecule has 0 saturated heterocycles. The van der Waals surface area contributed by atoms with Crippen molar-refractivity contribution in [2.24, 2.45) is 0 Å². The molecule has 0 aliphatic carbocycles. The first-order valence-corrected chi connectivity index (χ1v) is 11.2. The summed E-state index contributed by atoms with van der Waals surface area (Å²) in [6, 6.07) is 14.9. The molecule has 0 atom stereocenters. The Morgan fingerprint density at radius 2 is 1.97 bits per heavy atom. The van der Waals surface area contributed by atoms with Crippen molar-refractivity contribution in [2.75, 3.05) is 11.1 Å². The number of amides is 1. The molecule has 4 rings (SSSR count). The number of carbonyl (C=O) groups is 1. The Hall–Kier alpha value is -2.64. The molecule has 2 aromatic heterocycles. The van der Waals surface area contributed by atoms with Gasteiger partial charge in [0.1, 0.15) is 5.01 Å². The van der Waals surface area contributed by atoms with Gasteiger partial charge in [0, 0.05) is 28.5 Å². The van der Waals surface area contributed by atoms with Crippen molar-refractivity contribution in [1.29, 1.82) is 0 Å². The number of fused-ring (bicyclic) bond motifs is 1. The standard InChI is InChI=1S/C22H22N4OS2/c1-14-8-9-15(2)17(10-14)11-26-12-20(18-6-4-5-7-19(18)26)28-13-21(27)23-22-25-24-16(3)29-22/h4-10,12H,11,13H2,1-3H3,(H,23,25,27). The first kappa shape index (κ1) is 19.7. The average molecular weight is 423 g/mol. The Kier molecular flexibility index (Phi) is 5.69. The summed E-state index contributed by atoms with van der Waals surface area (Å²) in [6.07, 6.45) is 2.15. The number of anilines is 1. The molecule has 1 N–H and O–H groups in total. The molecule has 0 radical (unpaired) electrons. The number of nitrogens with zero attached hydrogens (tertiary/aromatic N) is 3. The minimum absolute atomic E-state index is 0.0718. The summed E-state index contributed by atoms with van der Waals surface area (Å²) >= 11 is 2.93. The fourth-order valence-electron chi connectivity index (χ4n) is 3.26. The number of benzene rings is 2. The number of aromatic nitrogens is 3. The molecule has 2 aromatic carbocycles. The third kappa shape index (κ3) is 4.52. The predicted octanol–water partition coefficient (Wildman–Crippen LogP) is 5.20. The number of thioether (sulfide) groups is 1. The van der Waals surface area contributed by atoms with Crippen LogP contribution >= 0.6 is 23.1 Å². The maximum atomic E-state index is 12.3. The van der Waals surface area contributed by atoms with Gasteiger partial charge in [0.2, 0.25) is 11.0 Å². The molecule has 4 aromatic rings. The van der Waals surface area contributed by atoms with Crippen LogP contribution in [-0.2, 0) is 11.3 Å². The van der Waals surface area contributed by atoms with Gasteiger partial charge in [0.15, 0.2) is 0 Å². The minimum atomic E-state index is -0.0718. The predicted molar refractivity (Wildman–Crippen MR) is 121 cm³/mol. The Morgan fingerprint density at radius 1 is 1.14 bits per heavy atom. The van der Waals surface area contributed by atoms with E-state index < -0.39 is 0 Å². The van der Waals surface area contributed by atoms with E-state index >= 15 is 0 Å². The maximum absolute atomic E-state index is 12.3. The van der Waals surface area contributed by atoms with Gasteiger partial charge in [0.05, 0.1) is 5.75 Å². The van der Waals surface area contributed by atoms with E-state index in [2.05, 4.69) is 76.5 Å². The quantitative estimate of drug-likeness (QED) is 0.434. The normalized spacial score (nSPS) is 11.1. The van der Waals surface area contributed by atoms with Crippen molar-refractivity contribution < 1.29 is 4.79 Å². The number of para-hydroxylation sites is 1. The van der Waals surface area contributed by atoms with Crippen LogP contribution in [0.5, 0.6) is 0 Å². The monoisotopic (exact) mass is 422 g/mol. The summed E-state index contributed by atoms with van der Waals surface area (Å²) in [5.74, 6) is 0.258. The molecule has 148 valence electrons. The van der Waals surface area contributed by atoms with E-state index in [1.165, 1.54) is 38.9 Å². The van der Waals surface area contributed by atoms with Crippen molar-refractivity contribution in [3.05, 3.63) is 70.4 Å². The molecule has 0 unspecified atom stereocenters. The molecule has 0 spiro atoms. The van der Waals surface area contributed by atoms with Crippen LogP contribution in [0.2, 0.25) is 0 Å². The van der Waals surface area contributed by atoms with E-state index in [1.807, 2.05) is 13.0 Å². The summed E-state index contributed by atoms with van der Waals surface area (Å²) in [7, 11) is 0. The third-order valence-corrected chi connectivity index (χ3v) is 6.53. The second-order valence-corrected chi connectivity index (χ2v) is 9.23. The molecule has 0 saturated carbocycles. The number of aryl methyl sites for hydroxylation is 3. The van der Waals surface area contributed by atoms with Crippen LogP contribution in [0.4, 0.5) is 5.13 Å². The van der Waals surface area contributed by atoms with Gasteiger partial charge < -0.3 is 4.57 Å². The smallest absolute Gasteiger partial charge is 0.236 e. The molecule has 0 aliphatic rings. The van der Waals surface area contributed by atoms with Gasteiger partial charge in [0.25, 0.3) is 0 Å². The average Bonchev–Trinajstić information content (AvgIpc) is 3.26. The highest BCUT2D eigenvalue weighted by atomic mass is 32.2. The molecule has 0 bridgehead atoms. The van der Waals surface area contributed by atoms with Crippen molar-refractivity contribution in [3.63, 3.8) is 0 Å². The maximum Gasteiger partial charge on any atom is 0.236 e. The Bertz CT molecular complexity index is 1180. The summed E-state index contributed by atoms with van der Waals surface area (Å²) < 4.78 is 2.27. The first-order valence-electron chi connectivity index (χ1n) is 9.36. The Morgan fingerprint density at radius 3 is 2.76 bits per heavy atom. The fraction of sp³-hybridized carbons (Fsp3) is 0.227. The van der Waals surface area contributed by atoms with Gasteiger partial charge in [-0.2, -0.15) is 0 Å². The summed E-state index contributed by atoms with van der Waals surface area (Å²) in [5.41, 5.74) is 5.04. The van der Waals surface area contributed by atoms with Crippen molar-refractivity contribution >= 4 is 45.0 Å². The molecule has 0 fully saturated rings. The Labute approximate surface area is 178 Å². The first-order chi connectivity index (χ1) is 14.0. The van der Waals surface area contributed by atoms with Crippen molar-refractivity contribution in [2.45, 2.75) is 32.2 Å². The zero-order valence-electron chi connectivity index (χ0n) is 16.6.